The van der Waals surface area contributed by atoms with Crippen LogP contribution in [0.15, 0.2) is 53.3 Å². The highest BCUT2D eigenvalue weighted by Crippen LogP contribution is 2.35. The highest BCUT2D eigenvalue weighted by Gasteiger charge is 2.29. The van der Waals surface area contributed by atoms with Gasteiger partial charge in [-0.3, -0.25) is 9.78 Å². The fourth-order valence-electron chi connectivity index (χ4n) is 3.96. The zero-order chi connectivity index (χ0) is 27.8. The SMILES string of the molecule is COc1cc(-c2ccc(F)c(C#N)c2F)nc(C(C)(C)c2cc(=O)cc(-c3ccc(F)c(C#N)c3F)[nH]2)c1. The Morgan fingerprint density at radius 3 is 2.03 bits per heavy atom. The van der Waals surface area contributed by atoms with Crippen molar-refractivity contribution in [3.63, 3.8) is 0 Å². The van der Waals surface area contributed by atoms with Gasteiger partial charge in [-0.25, -0.2) is 17.6 Å². The molecule has 0 amide bonds. The van der Waals surface area contributed by atoms with Crippen LogP contribution in [-0.4, -0.2) is 17.1 Å². The molecule has 0 saturated carbocycles. The van der Waals surface area contributed by atoms with Crippen molar-refractivity contribution in [1.82, 2.24) is 9.97 Å². The van der Waals surface area contributed by atoms with E-state index in [1.807, 2.05) is 0 Å². The molecule has 190 valence electrons. The highest BCUT2D eigenvalue weighted by atomic mass is 19.1. The van der Waals surface area contributed by atoms with Crippen molar-refractivity contribution in [3.05, 3.63) is 105 Å². The van der Waals surface area contributed by atoms with E-state index in [4.69, 9.17) is 15.3 Å². The first kappa shape index (κ1) is 26.1. The zero-order valence-corrected chi connectivity index (χ0v) is 20.3. The summed E-state index contributed by atoms with van der Waals surface area (Å²) in [5, 5.41) is 18.3. The lowest BCUT2D eigenvalue weighted by Crippen LogP contribution is -2.25. The Balaban J connectivity index is 1.90. The lowest BCUT2D eigenvalue weighted by Gasteiger charge is -2.26. The van der Waals surface area contributed by atoms with Crippen LogP contribution in [0.3, 0.4) is 0 Å². The number of halogens is 4. The first-order chi connectivity index (χ1) is 18.0. The molecule has 0 bridgehead atoms. The molecular formula is C28H18F4N4O2. The van der Waals surface area contributed by atoms with E-state index >= 15 is 0 Å². The van der Waals surface area contributed by atoms with E-state index in [0.717, 1.165) is 30.3 Å². The Labute approximate surface area is 214 Å². The van der Waals surface area contributed by atoms with Gasteiger partial charge in [-0.1, -0.05) is 0 Å². The summed E-state index contributed by atoms with van der Waals surface area (Å²) < 4.78 is 62.9. The molecule has 0 unspecified atom stereocenters. The summed E-state index contributed by atoms with van der Waals surface area (Å²) in [5.74, 6) is -4.00. The minimum atomic E-state index is -1.13. The lowest BCUT2D eigenvalue weighted by molar-refractivity contribution is 0.412. The topological polar surface area (TPSA) is 103 Å². The molecule has 38 heavy (non-hydrogen) atoms. The Morgan fingerprint density at radius 2 is 1.45 bits per heavy atom. The van der Waals surface area contributed by atoms with Gasteiger partial charge in [0.25, 0.3) is 0 Å². The third-order valence-corrected chi connectivity index (χ3v) is 6.16. The second-order valence-corrected chi connectivity index (χ2v) is 8.84. The molecule has 0 aliphatic heterocycles. The molecule has 10 heteroatoms. The number of H-pyrrole nitrogens is 1. The average Bonchev–Trinajstić information content (AvgIpc) is 2.88. The predicted octanol–water partition coefficient (Wildman–Crippen LogP) is 5.74. The average molecular weight is 518 g/mol. The number of aromatic amines is 1. The maximum atomic E-state index is 15.0. The molecule has 0 atom stereocenters. The number of nitrogens with one attached hydrogen (secondary N) is 1. The summed E-state index contributed by atoms with van der Waals surface area (Å²) in [6, 6.07) is 12.4. The van der Waals surface area contributed by atoms with E-state index in [0.29, 0.717) is 5.69 Å². The fourth-order valence-corrected chi connectivity index (χ4v) is 3.96. The molecule has 6 nitrogen and oxygen atoms in total. The van der Waals surface area contributed by atoms with E-state index in [1.165, 1.54) is 31.4 Å². The molecule has 2 heterocycles. The third-order valence-electron chi connectivity index (χ3n) is 6.16. The van der Waals surface area contributed by atoms with E-state index < -0.39 is 45.2 Å². The molecule has 4 rings (SSSR count). The van der Waals surface area contributed by atoms with Gasteiger partial charge < -0.3 is 9.72 Å². The molecule has 0 spiro atoms. The summed E-state index contributed by atoms with van der Waals surface area (Å²) in [7, 11) is 1.38. The van der Waals surface area contributed by atoms with Gasteiger partial charge in [-0.15, -0.1) is 0 Å². The van der Waals surface area contributed by atoms with Crippen LogP contribution in [0.25, 0.3) is 22.5 Å². The summed E-state index contributed by atoms with van der Waals surface area (Å²) in [4.78, 5) is 20.1. The van der Waals surface area contributed by atoms with Gasteiger partial charge in [-0.05, 0) is 38.1 Å². The molecule has 0 fully saturated rings. The minimum absolute atomic E-state index is 0.000866. The Morgan fingerprint density at radius 1 is 0.868 bits per heavy atom. The number of pyridine rings is 2. The van der Waals surface area contributed by atoms with Crippen LogP contribution >= 0.6 is 0 Å². The summed E-state index contributed by atoms with van der Waals surface area (Å²) >= 11 is 0. The van der Waals surface area contributed by atoms with Crippen LogP contribution in [0.5, 0.6) is 5.75 Å². The first-order valence-electron chi connectivity index (χ1n) is 11.1. The number of methoxy groups -OCH3 is 1. The van der Waals surface area contributed by atoms with Gasteiger partial charge in [0.15, 0.2) is 17.1 Å². The number of nitrogens with zero attached hydrogens (tertiary/aromatic N) is 3. The molecule has 0 radical (unpaired) electrons. The summed E-state index contributed by atoms with van der Waals surface area (Å²) in [6.45, 7) is 3.38. The number of benzene rings is 2. The van der Waals surface area contributed by atoms with Gasteiger partial charge in [0, 0.05) is 46.5 Å². The number of aromatic nitrogens is 2. The maximum Gasteiger partial charge on any atom is 0.182 e. The van der Waals surface area contributed by atoms with Gasteiger partial charge in [0.05, 0.1) is 24.2 Å². The van der Waals surface area contributed by atoms with Crippen LogP contribution < -0.4 is 10.2 Å². The largest absolute Gasteiger partial charge is 0.497 e. The number of hydrogen-bond donors (Lipinski definition) is 1. The first-order valence-corrected chi connectivity index (χ1v) is 11.1. The molecule has 4 aromatic rings. The number of ether oxygens (including phenoxy) is 1. The van der Waals surface area contributed by atoms with Gasteiger partial charge in [0.2, 0.25) is 0 Å². The summed E-state index contributed by atoms with van der Waals surface area (Å²) in [6.07, 6.45) is 0. The van der Waals surface area contributed by atoms with Crippen molar-refractivity contribution >= 4 is 0 Å². The molecule has 1 N–H and O–H groups in total. The van der Waals surface area contributed by atoms with E-state index in [1.54, 1.807) is 19.9 Å². The Kier molecular flexibility index (Phi) is 6.75. The minimum Gasteiger partial charge on any atom is -0.497 e. The molecule has 2 aromatic heterocycles. The quantitative estimate of drug-likeness (QED) is 0.340. The molecule has 0 saturated heterocycles. The van der Waals surface area contributed by atoms with Crippen molar-refractivity contribution in [3.8, 4) is 40.4 Å². The highest BCUT2D eigenvalue weighted by molar-refractivity contribution is 5.66. The molecule has 0 aliphatic carbocycles. The monoisotopic (exact) mass is 518 g/mol. The van der Waals surface area contributed by atoms with Crippen molar-refractivity contribution < 1.29 is 22.3 Å². The third kappa shape index (κ3) is 4.48. The van der Waals surface area contributed by atoms with Crippen molar-refractivity contribution in [2.75, 3.05) is 7.11 Å². The predicted molar refractivity (Wildman–Crippen MR) is 130 cm³/mol. The van der Waals surface area contributed by atoms with Crippen LogP contribution in [0, 0.1) is 45.9 Å². The van der Waals surface area contributed by atoms with Crippen molar-refractivity contribution in [1.29, 1.82) is 10.5 Å². The molecule has 2 aromatic carbocycles. The van der Waals surface area contributed by atoms with Gasteiger partial charge in [-0.2, -0.15) is 10.5 Å². The van der Waals surface area contributed by atoms with Crippen LogP contribution in [-0.2, 0) is 5.41 Å². The standard InChI is InChI=1S/C28H18F4N4O2/c1-28(2,24-9-14(37)8-22(35-24)16-4-6-20(29)18(12-33)26(16)31)25-11-15(38-3)10-23(36-25)17-5-7-21(30)19(13-34)27(17)32/h4-11H,1-3H3,(H,35,37). The van der Waals surface area contributed by atoms with Crippen LogP contribution in [0.1, 0.15) is 36.4 Å². The Hall–Kier alpha value is -4.96. The van der Waals surface area contributed by atoms with E-state index in [9.17, 15) is 22.4 Å². The number of nitriles is 2. The molecule has 0 aliphatic rings. The fraction of sp³-hybridized carbons (Fsp3) is 0.143. The normalized spacial score (nSPS) is 11.1. The summed E-state index contributed by atoms with van der Waals surface area (Å²) in [5.41, 5.74) is -2.87. The van der Waals surface area contributed by atoms with E-state index in [2.05, 4.69) is 9.97 Å². The van der Waals surface area contributed by atoms with Crippen LogP contribution in [0.4, 0.5) is 17.6 Å². The lowest BCUT2D eigenvalue weighted by atomic mass is 9.84. The van der Waals surface area contributed by atoms with Crippen molar-refractivity contribution in [2.24, 2.45) is 0 Å². The zero-order valence-electron chi connectivity index (χ0n) is 20.3. The van der Waals surface area contributed by atoms with E-state index in [-0.39, 0.29) is 34.0 Å². The van der Waals surface area contributed by atoms with Gasteiger partial charge >= 0.3 is 0 Å². The second-order valence-electron chi connectivity index (χ2n) is 8.84. The number of hydrogen-bond acceptors (Lipinski definition) is 5. The second kappa shape index (κ2) is 9.83. The van der Waals surface area contributed by atoms with Crippen molar-refractivity contribution in [2.45, 2.75) is 19.3 Å². The van der Waals surface area contributed by atoms with Gasteiger partial charge in [0.1, 0.15) is 40.6 Å². The Bertz CT molecular complexity index is 1730. The molecular weight excluding hydrogens is 500 g/mol. The smallest absolute Gasteiger partial charge is 0.182 e. The van der Waals surface area contributed by atoms with Crippen LogP contribution in [0.2, 0.25) is 0 Å². The maximum absolute atomic E-state index is 15.0. The number of rotatable bonds is 5.